The molecule has 2 unspecified atom stereocenters. The maximum absolute atomic E-state index is 8.83. The van der Waals surface area contributed by atoms with E-state index in [9.17, 15) is 0 Å². The number of benzene rings is 1. The number of hydrogen-bond acceptors (Lipinski definition) is 4. The zero-order valence-corrected chi connectivity index (χ0v) is 8.05. The van der Waals surface area contributed by atoms with Gasteiger partial charge >= 0.3 is 0 Å². The normalized spacial score (nSPS) is 26.0. The second kappa shape index (κ2) is 3.95. The molecule has 1 fully saturated rings. The third kappa shape index (κ3) is 1.72. The Bertz CT molecular complexity index is 356. The van der Waals surface area contributed by atoms with E-state index in [2.05, 4.69) is 22.5 Å². The van der Waals surface area contributed by atoms with E-state index in [0.717, 1.165) is 5.56 Å². The predicted octanol–water partition coefficient (Wildman–Crippen LogP) is 0.886. The summed E-state index contributed by atoms with van der Waals surface area (Å²) < 4.78 is 0. The van der Waals surface area contributed by atoms with Crippen LogP contribution in [0.5, 0.6) is 0 Å². The molecule has 2 rings (SSSR count). The van der Waals surface area contributed by atoms with Crippen molar-refractivity contribution in [1.29, 1.82) is 5.26 Å². The number of nitriles is 1. The summed E-state index contributed by atoms with van der Waals surface area (Å²) in [5, 5.41) is 9.53. The fraction of sp³-hybridized carbons (Fsp3) is 0.222. The molecule has 0 aromatic heterocycles. The molecule has 1 aliphatic heterocycles. The van der Waals surface area contributed by atoms with E-state index in [1.54, 1.807) is 0 Å². The van der Waals surface area contributed by atoms with E-state index in [1.165, 1.54) is 0 Å². The van der Waals surface area contributed by atoms with Gasteiger partial charge in [0.2, 0.25) is 0 Å². The SMILES string of the molecule is N#CC1NNNC1c1ccc(Cl)cc1. The van der Waals surface area contributed by atoms with Gasteiger partial charge in [-0.15, -0.1) is 0 Å². The first-order valence-corrected chi connectivity index (χ1v) is 4.60. The molecular weight excluding hydrogens is 200 g/mol. The van der Waals surface area contributed by atoms with Crippen LogP contribution in [0.1, 0.15) is 11.6 Å². The minimum atomic E-state index is -0.267. The Kier molecular flexibility index (Phi) is 2.66. The molecule has 2 atom stereocenters. The Labute approximate surface area is 86.8 Å². The van der Waals surface area contributed by atoms with Crippen LogP contribution in [0.4, 0.5) is 0 Å². The third-order valence-electron chi connectivity index (χ3n) is 2.16. The van der Waals surface area contributed by atoms with E-state index < -0.39 is 0 Å². The van der Waals surface area contributed by atoms with E-state index in [1.807, 2.05) is 24.3 Å². The monoisotopic (exact) mass is 208 g/mol. The van der Waals surface area contributed by atoms with Crippen LogP contribution in [-0.2, 0) is 0 Å². The van der Waals surface area contributed by atoms with Crippen LogP contribution in [0.2, 0.25) is 5.02 Å². The minimum Gasteiger partial charge on any atom is -0.234 e. The molecule has 0 radical (unpaired) electrons. The number of nitrogens with zero attached hydrogens (tertiary/aromatic N) is 1. The molecular formula is C9H9ClN4. The summed E-state index contributed by atoms with van der Waals surface area (Å²) in [4.78, 5) is 0. The highest BCUT2D eigenvalue weighted by Crippen LogP contribution is 2.20. The highest BCUT2D eigenvalue weighted by molar-refractivity contribution is 6.30. The van der Waals surface area contributed by atoms with Gasteiger partial charge in [0.15, 0.2) is 0 Å². The topological polar surface area (TPSA) is 59.9 Å². The molecule has 4 nitrogen and oxygen atoms in total. The predicted molar refractivity (Wildman–Crippen MR) is 53.0 cm³/mol. The molecule has 0 bridgehead atoms. The van der Waals surface area contributed by atoms with Gasteiger partial charge in [-0.25, -0.2) is 10.9 Å². The van der Waals surface area contributed by atoms with Crippen LogP contribution in [-0.4, -0.2) is 6.04 Å². The summed E-state index contributed by atoms with van der Waals surface area (Å²) in [6.45, 7) is 0. The third-order valence-corrected chi connectivity index (χ3v) is 2.41. The largest absolute Gasteiger partial charge is 0.234 e. The number of halogens is 1. The Balaban J connectivity index is 2.23. The molecule has 14 heavy (non-hydrogen) atoms. The van der Waals surface area contributed by atoms with Crippen LogP contribution >= 0.6 is 11.6 Å². The quantitative estimate of drug-likeness (QED) is 0.642. The van der Waals surface area contributed by atoms with Crippen LogP contribution < -0.4 is 16.4 Å². The van der Waals surface area contributed by atoms with Gasteiger partial charge in [-0.3, -0.25) is 0 Å². The average Bonchev–Trinajstić information content (AvgIpc) is 2.67. The summed E-state index contributed by atoms with van der Waals surface area (Å²) in [5.74, 6) is 0. The van der Waals surface area contributed by atoms with Crippen molar-refractivity contribution >= 4 is 11.6 Å². The maximum atomic E-state index is 8.83. The van der Waals surface area contributed by atoms with Gasteiger partial charge in [0, 0.05) is 5.02 Å². The van der Waals surface area contributed by atoms with Gasteiger partial charge in [-0.2, -0.15) is 10.8 Å². The molecule has 3 N–H and O–H groups in total. The van der Waals surface area contributed by atoms with Gasteiger partial charge in [-0.05, 0) is 17.7 Å². The minimum absolute atomic E-state index is 0.0442. The Morgan fingerprint density at radius 2 is 1.93 bits per heavy atom. The highest BCUT2D eigenvalue weighted by atomic mass is 35.5. The Morgan fingerprint density at radius 3 is 2.57 bits per heavy atom. The van der Waals surface area contributed by atoms with Gasteiger partial charge in [0.05, 0.1) is 12.1 Å². The highest BCUT2D eigenvalue weighted by Gasteiger charge is 2.27. The van der Waals surface area contributed by atoms with E-state index in [0.29, 0.717) is 5.02 Å². The first kappa shape index (κ1) is 9.44. The number of rotatable bonds is 1. The number of nitrogens with one attached hydrogen (secondary N) is 3. The molecule has 0 spiro atoms. The lowest BCUT2D eigenvalue weighted by Gasteiger charge is -2.11. The fourth-order valence-corrected chi connectivity index (χ4v) is 1.54. The van der Waals surface area contributed by atoms with Crippen LogP contribution in [0.25, 0.3) is 0 Å². The van der Waals surface area contributed by atoms with Crippen molar-refractivity contribution in [1.82, 2.24) is 16.4 Å². The summed E-state index contributed by atoms with van der Waals surface area (Å²) in [7, 11) is 0. The second-order valence-electron chi connectivity index (χ2n) is 3.05. The molecule has 5 heteroatoms. The molecule has 1 aromatic carbocycles. The summed E-state index contributed by atoms with van der Waals surface area (Å²) in [5.41, 5.74) is 9.54. The zero-order chi connectivity index (χ0) is 9.97. The molecule has 0 saturated carbocycles. The summed E-state index contributed by atoms with van der Waals surface area (Å²) >= 11 is 5.77. The van der Waals surface area contributed by atoms with E-state index in [4.69, 9.17) is 16.9 Å². The van der Waals surface area contributed by atoms with Crippen molar-refractivity contribution in [3.05, 3.63) is 34.9 Å². The Hall–Kier alpha value is -1.12. The zero-order valence-electron chi connectivity index (χ0n) is 7.29. The van der Waals surface area contributed by atoms with Gasteiger partial charge in [0.1, 0.15) is 6.04 Å². The summed E-state index contributed by atoms with van der Waals surface area (Å²) in [6, 6.07) is 9.27. The molecule has 72 valence electrons. The van der Waals surface area contributed by atoms with Gasteiger partial charge < -0.3 is 0 Å². The lowest BCUT2D eigenvalue weighted by molar-refractivity contribution is 0.555. The smallest absolute Gasteiger partial charge is 0.130 e. The molecule has 1 aromatic rings. The first-order chi connectivity index (χ1) is 6.81. The van der Waals surface area contributed by atoms with Crippen molar-refractivity contribution in [3.63, 3.8) is 0 Å². The molecule has 1 aliphatic rings. The molecule has 1 heterocycles. The van der Waals surface area contributed by atoms with E-state index >= 15 is 0 Å². The van der Waals surface area contributed by atoms with Crippen LogP contribution in [0, 0.1) is 11.3 Å². The van der Waals surface area contributed by atoms with Crippen LogP contribution in [0.15, 0.2) is 24.3 Å². The second-order valence-corrected chi connectivity index (χ2v) is 3.49. The van der Waals surface area contributed by atoms with Gasteiger partial charge in [0.25, 0.3) is 0 Å². The van der Waals surface area contributed by atoms with Crippen molar-refractivity contribution in [2.24, 2.45) is 0 Å². The summed E-state index contributed by atoms with van der Waals surface area (Å²) in [6.07, 6.45) is 0. The van der Waals surface area contributed by atoms with Crippen molar-refractivity contribution in [3.8, 4) is 6.07 Å². The van der Waals surface area contributed by atoms with Crippen molar-refractivity contribution in [2.45, 2.75) is 12.1 Å². The van der Waals surface area contributed by atoms with Crippen LogP contribution in [0.3, 0.4) is 0 Å². The molecule has 1 saturated heterocycles. The lowest BCUT2D eigenvalue weighted by Crippen LogP contribution is -2.32. The fourth-order valence-electron chi connectivity index (χ4n) is 1.42. The van der Waals surface area contributed by atoms with Gasteiger partial charge in [-0.1, -0.05) is 23.7 Å². The lowest BCUT2D eigenvalue weighted by atomic mass is 10.0. The molecule has 0 aliphatic carbocycles. The number of hydrazine groups is 2. The average molecular weight is 209 g/mol. The first-order valence-electron chi connectivity index (χ1n) is 4.22. The molecule has 0 amide bonds. The standard InChI is InChI=1S/C9H9ClN4/c10-7-3-1-6(2-4-7)9-8(5-11)12-14-13-9/h1-4,8-9,12-14H. The van der Waals surface area contributed by atoms with E-state index in [-0.39, 0.29) is 12.1 Å². The number of hydrogen-bond donors (Lipinski definition) is 3. The van der Waals surface area contributed by atoms with Crippen molar-refractivity contribution < 1.29 is 0 Å². The maximum Gasteiger partial charge on any atom is 0.130 e. The van der Waals surface area contributed by atoms with Crippen molar-refractivity contribution in [2.75, 3.05) is 0 Å². The Morgan fingerprint density at radius 1 is 1.21 bits per heavy atom.